The minimum Gasteiger partial charge on any atom is -0.309 e. The van der Waals surface area contributed by atoms with Crippen LogP contribution in [0.2, 0.25) is 0 Å². The van der Waals surface area contributed by atoms with Gasteiger partial charge in [0, 0.05) is 47.0 Å². The van der Waals surface area contributed by atoms with Crippen molar-refractivity contribution in [2.45, 2.75) is 0 Å². The standard InChI is InChI=1S/C52H33NS2/c1-2-11-36(12-3-1)43-30-31-47(52-51(43)45-17-7-9-20-49(45)55-52)53(40-28-23-37(24-29-40)42-18-10-14-35-13-4-5-15-41(35)42)39-26-21-34(22-27-39)38-25-32-50-46(33-38)44-16-6-8-19-48(44)54-50/h1-33H. The fraction of sp³-hybridized carbons (Fsp3) is 0. The molecule has 0 spiro atoms. The zero-order chi connectivity index (χ0) is 36.3. The highest BCUT2D eigenvalue weighted by atomic mass is 32.1. The van der Waals surface area contributed by atoms with Crippen LogP contribution in [0.25, 0.3) is 84.5 Å². The van der Waals surface area contributed by atoms with E-state index >= 15 is 0 Å². The van der Waals surface area contributed by atoms with Crippen LogP contribution in [0, 0.1) is 0 Å². The van der Waals surface area contributed by atoms with Crippen molar-refractivity contribution in [3.63, 3.8) is 0 Å². The Morgan fingerprint density at radius 1 is 0.327 bits per heavy atom. The van der Waals surface area contributed by atoms with E-state index in [0.717, 1.165) is 11.4 Å². The summed E-state index contributed by atoms with van der Waals surface area (Å²) in [4.78, 5) is 2.44. The molecule has 9 aromatic carbocycles. The van der Waals surface area contributed by atoms with Crippen molar-refractivity contribution in [2.24, 2.45) is 0 Å². The van der Waals surface area contributed by atoms with E-state index in [1.165, 1.54) is 90.2 Å². The third-order valence-corrected chi connectivity index (χ3v) is 13.2. The van der Waals surface area contributed by atoms with Crippen LogP contribution in [0.15, 0.2) is 200 Å². The van der Waals surface area contributed by atoms with E-state index in [4.69, 9.17) is 0 Å². The first-order valence-corrected chi connectivity index (χ1v) is 20.3. The number of rotatable bonds is 6. The Bertz CT molecular complexity index is 3180. The van der Waals surface area contributed by atoms with Crippen molar-refractivity contribution < 1.29 is 0 Å². The monoisotopic (exact) mass is 735 g/mol. The molecular formula is C52H33NS2. The van der Waals surface area contributed by atoms with Crippen molar-refractivity contribution in [2.75, 3.05) is 4.90 Å². The van der Waals surface area contributed by atoms with Crippen LogP contribution in [0.5, 0.6) is 0 Å². The molecule has 0 saturated carbocycles. The van der Waals surface area contributed by atoms with Gasteiger partial charge in [-0.3, -0.25) is 0 Å². The Labute approximate surface area is 327 Å². The zero-order valence-electron chi connectivity index (χ0n) is 29.8. The molecule has 0 N–H and O–H groups in total. The SMILES string of the molecule is c1ccc(-c2ccc(N(c3ccc(-c4ccc5sc6ccccc6c5c4)cc3)c3ccc(-c4cccc5ccccc45)cc3)c3sc4ccccc4c23)cc1. The van der Waals surface area contributed by atoms with Crippen LogP contribution in [-0.4, -0.2) is 0 Å². The number of thiophene rings is 2. The summed E-state index contributed by atoms with van der Waals surface area (Å²) in [6.45, 7) is 0. The maximum atomic E-state index is 2.44. The number of hydrogen-bond donors (Lipinski definition) is 0. The molecule has 0 aliphatic heterocycles. The van der Waals surface area contributed by atoms with E-state index in [2.05, 4.69) is 205 Å². The highest BCUT2D eigenvalue weighted by Gasteiger charge is 2.21. The van der Waals surface area contributed by atoms with Crippen LogP contribution < -0.4 is 4.90 Å². The third-order valence-electron chi connectivity index (χ3n) is 10.9. The van der Waals surface area contributed by atoms with E-state index in [1.54, 1.807) is 0 Å². The molecule has 3 heteroatoms. The van der Waals surface area contributed by atoms with E-state index < -0.39 is 0 Å². The number of anilines is 3. The van der Waals surface area contributed by atoms with Gasteiger partial charge in [0.2, 0.25) is 0 Å². The molecule has 0 aliphatic rings. The smallest absolute Gasteiger partial charge is 0.0640 e. The topological polar surface area (TPSA) is 3.24 Å². The highest BCUT2D eigenvalue weighted by molar-refractivity contribution is 7.26. The molecule has 258 valence electrons. The largest absolute Gasteiger partial charge is 0.309 e. The van der Waals surface area contributed by atoms with Gasteiger partial charge in [0.1, 0.15) is 0 Å². The van der Waals surface area contributed by atoms with Gasteiger partial charge in [0.05, 0.1) is 10.4 Å². The molecule has 2 heterocycles. The van der Waals surface area contributed by atoms with E-state index in [9.17, 15) is 0 Å². The summed E-state index contributed by atoms with van der Waals surface area (Å²) in [5.74, 6) is 0. The van der Waals surface area contributed by atoms with Gasteiger partial charge in [-0.2, -0.15) is 0 Å². The van der Waals surface area contributed by atoms with E-state index in [-0.39, 0.29) is 0 Å². The molecule has 2 aromatic heterocycles. The first-order valence-electron chi connectivity index (χ1n) is 18.7. The number of hydrogen-bond acceptors (Lipinski definition) is 3. The molecule has 0 aliphatic carbocycles. The summed E-state index contributed by atoms with van der Waals surface area (Å²) in [5.41, 5.74) is 10.8. The first-order chi connectivity index (χ1) is 27.3. The normalized spacial score (nSPS) is 11.6. The highest BCUT2D eigenvalue weighted by Crippen LogP contribution is 2.49. The number of fused-ring (bicyclic) bond motifs is 7. The summed E-state index contributed by atoms with van der Waals surface area (Å²) in [6, 6.07) is 73.4. The average molecular weight is 736 g/mol. The van der Waals surface area contributed by atoms with Crippen LogP contribution >= 0.6 is 22.7 Å². The summed E-state index contributed by atoms with van der Waals surface area (Å²) < 4.78 is 5.23. The lowest BCUT2D eigenvalue weighted by Crippen LogP contribution is -2.10. The summed E-state index contributed by atoms with van der Waals surface area (Å²) >= 11 is 3.74. The molecule has 0 atom stereocenters. The van der Waals surface area contributed by atoms with Gasteiger partial charge in [0.25, 0.3) is 0 Å². The number of nitrogens with zero attached hydrogens (tertiary/aromatic N) is 1. The molecule has 0 fully saturated rings. The third kappa shape index (κ3) is 5.43. The van der Waals surface area contributed by atoms with Crippen molar-refractivity contribution in [1.82, 2.24) is 0 Å². The molecule has 0 amide bonds. The van der Waals surface area contributed by atoms with Crippen molar-refractivity contribution in [1.29, 1.82) is 0 Å². The van der Waals surface area contributed by atoms with Gasteiger partial charge in [0.15, 0.2) is 0 Å². The second-order valence-electron chi connectivity index (χ2n) is 14.1. The maximum absolute atomic E-state index is 2.44. The second kappa shape index (κ2) is 13.1. The lowest BCUT2D eigenvalue weighted by atomic mass is 9.97. The minimum atomic E-state index is 1.12. The molecular weight excluding hydrogens is 703 g/mol. The van der Waals surface area contributed by atoms with Crippen molar-refractivity contribution in [3.8, 4) is 33.4 Å². The van der Waals surface area contributed by atoms with Crippen LogP contribution in [0.1, 0.15) is 0 Å². The quantitative estimate of drug-likeness (QED) is 0.164. The minimum absolute atomic E-state index is 1.12. The van der Waals surface area contributed by atoms with Crippen molar-refractivity contribution >= 4 is 90.9 Å². The average Bonchev–Trinajstić information content (AvgIpc) is 3.83. The lowest BCUT2D eigenvalue weighted by molar-refractivity contribution is 1.30. The second-order valence-corrected chi connectivity index (χ2v) is 16.2. The molecule has 0 saturated heterocycles. The molecule has 11 rings (SSSR count). The van der Waals surface area contributed by atoms with Gasteiger partial charge < -0.3 is 4.90 Å². The Balaban J connectivity index is 1.08. The van der Waals surface area contributed by atoms with Gasteiger partial charge in [-0.05, 0) is 98.8 Å². The van der Waals surface area contributed by atoms with Crippen LogP contribution in [0.3, 0.4) is 0 Å². The predicted octanol–water partition coefficient (Wildman–Crippen LogP) is 16.0. The lowest BCUT2D eigenvalue weighted by Gasteiger charge is -2.27. The zero-order valence-corrected chi connectivity index (χ0v) is 31.4. The number of benzene rings is 9. The molecule has 11 aromatic rings. The van der Waals surface area contributed by atoms with Gasteiger partial charge in [-0.1, -0.05) is 146 Å². The first kappa shape index (κ1) is 32.0. The van der Waals surface area contributed by atoms with Gasteiger partial charge >= 0.3 is 0 Å². The Morgan fingerprint density at radius 3 is 1.69 bits per heavy atom. The van der Waals surface area contributed by atoms with Gasteiger partial charge in [-0.15, -0.1) is 22.7 Å². The summed E-state index contributed by atoms with van der Waals surface area (Å²) in [5, 5.41) is 7.76. The Morgan fingerprint density at radius 2 is 0.909 bits per heavy atom. The molecule has 1 nitrogen and oxygen atoms in total. The fourth-order valence-electron chi connectivity index (χ4n) is 8.25. The molecule has 55 heavy (non-hydrogen) atoms. The summed E-state index contributed by atoms with van der Waals surface area (Å²) in [7, 11) is 0. The fourth-order valence-corrected chi connectivity index (χ4v) is 10.6. The predicted molar refractivity (Wildman–Crippen MR) is 241 cm³/mol. The maximum Gasteiger partial charge on any atom is 0.0640 e. The molecule has 0 unspecified atom stereocenters. The summed E-state index contributed by atoms with van der Waals surface area (Å²) in [6.07, 6.45) is 0. The van der Waals surface area contributed by atoms with Crippen LogP contribution in [0.4, 0.5) is 17.1 Å². The van der Waals surface area contributed by atoms with E-state index in [0.29, 0.717) is 0 Å². The van der Waals surface area contributed by atoms with Crippen molar-refractivity contribution in [3.05, 3.63) is 200 Å². The van der Waals surface area contributed by atoms with Gasteiger partial charge in [-0.25, -0.2) is 0 Å². The van der Waals surface area contributed by atoms with E-state index in [1.807, 2.05) is 22.7 Å². The van der Waals surface area contributed by atoms with Crippen LogP contribution in [-0.2, 0) is 0 Å². The molecule has 0 bridgehead atoms. The molecule has 0 radical (unpaired) electrons. The Hall–Kier alpha value is -6.52. The Kier molecular flexibility index (Phi) is 7.61.